The normalized spacial score (nSPS) is 10.3. The molecule has 2 aromatic carbocycles. The number of halogens is 1. The maximum atomic E-state index is 12.5. The molecule has 3 rings (SSSR count). The van der Waals surface area contributed by atoms with Crippen LogP contribution in [0.1, 0.15) is 31.8 Å². The minimum Gasteiger partial charge on any atom is -0.322 e. The summed E-state index contributed by atoms with van der Waals surface area (Å²) < 4.78 is 0. The molecule has 27 heavy (non-hydrogen) atoms. The number of pyridine rings is 1. The van der Waals surface area contributed by atoms with Gasteiger partial charge in [-0.25, -0.2) is 0 Å². The summed E-state index contributed by atoms with van der Waals surface area (Å²) in [7, 11) is 0. The molecule has 0 fully saturated rings. The summed E-state index contributed by atoms with van der Waals surface area (Å²) in [5.41, 5.74) is 3.86. The minimum atomic E-state index is -0.392. The Labute approximate surface area is 162 Å². The molecule has 0 saturated heterocycles. The molecule has 136 valence electrons. The molecule has 0 atom stereocenters. The molecular formula is C21H18ClN3O2. The average Bonchev–Trinajstić information content (AvgIpc) is 2.63. The number of nitrogens with zero attached hydrogens (tertiary/aromatic N) is 1. The molecule has 1 aromatic heterocycles. The van der Waals surface area contributed by atoms with E-state index in [-0.39, 0.29) is 11.5 Å². The second-order valence-corrected chi connectivity index (χ2v) is 6.63. The van der Waals surface area contributed by atoms with Crippen molar-refractivity contribution in [2.24, 2.45) is 0 Å². The Bertz CT molecular complexity index is 998. The number of amides is 2. The van der Waals surface area contributed by atoms with E-state index in [2.05, 4.69) is 15.6 Å². The SMILES string of the molecule is Cc1cc(C)cc(NC(=O)c2cncc(C(=O)Nc3ccccc3Cl)c2)c1. The zero-order chi connectivity index (χ0) is 19.4. The molecule has 0 radical (unpaired) electrons. The number of aryl methyl sites for hydroxylation is 2. The molecule has 2 amide bonds. The Balaban J connectivity index is 1.77. The highest BCUT2D eigenvalue weighted by Crippen LogP contribution is 2.21. The molecule has 0 saturated carbocycles. The van der Waals surface area contributed by atoms with E-state index in [1.165, 1.54) is 18.5 Å². The van der Waals surface area contributed by atoms with Gasteiger partial charge >= 0.3 is 0 Å². The van der Waals surface area contributed by atoms with Gasteiger partial charge in [-0.05, 0) is 55.3 Å². The first-order valence-corrected chi connectivity index (χ1v) is 8.71. The summed E-state index contributed by atoms with van der Waals surface area (Å²) >= 11 is 6.06. The van der Waals surface area contributed by atoms with Gasteiger partial charge in [-0.15, -0.1) is 0 Å². The number of carbonyl (C=O) groups is 2. The van der Waals surface area contributed by atoms with Crippen LogP contribution in [0.2, 0.25) is 5.02 Å². The second-order valence-electron chi connectivity index (χ2n) is 6.23. The Hall–Kier alpha value is -3.18. The van der Waals surface area contributed by atoms with E-state index >= 15 is 0 Å². The number of rotatable bonds is 4. The highest BCUT2D eigenvalue weighted by Gasteiger charge is 2.13. The summed E-state index contributed by atoms with van der Waals surface area (Å²) in [4.78, 5) is 29.0. The van der Waals surface area contributed by atoms with Crippen molar-refractivity contribution in [3.63, 3.8) is 0 Å². The van der Waals surface area contributed by atoms with Crippen LogP contribution in [0.25, 0.3) is 0 Å². The van der Waals surface area contributed by atoms with Crippen molar-refractivity contribution >= 4 is 34.8 Å². The van der Waals surface area contributed by atoms with E-state index in [1.54, 1.807) is 24.3 Å². The van der Waals surface area contributed by atoms with Crippen molar-refractivity contribution in [1.29, 1.82) is 0 Å². The van der Waals surface area contributed by atoms with Crippen LogP contribution in [0, 0.1) is 13.8 Å². The third-order valence-corrected chi connectivity index (χ3v) is 4.19. The number of carbonyl (C=O) groups excluding carboxylic acids is 2. The summed E-state index contributed by atoms with van der Waals surface area (Å²) in [5, 5.41) is 5.98. The number of anilines is 2. The quantitative estimate of drug-likeness (QED) is 0.680. The molecule has 0 aliphatic carbocycles. The summed E-state index contributed by atoms with van der Waals surface area (Å²) in [6.07, 6.45) is 2.82. The molecule has 0 unspecified atom stereocenters. The molecule has 1 heterocycles. The Morgan fingerprint density at radius 2 is 1.44 bits per heavy atom. The van der Waals surface area contributed by atoms with Crippen LogP contribution >= 0.6 is 11.6 Å². The number of hydrogen-bond acceptors (Lipinski definition) is 3. The third kappa shape index (κ3) is 4.71. The number of hydrogen-bond donors (Lipinski definition) is 2. The fourth-order valence-electron chi connectivity index (χ4n) is 2.70. The van der Waals surface area contributed by atoms with Crippen molar-refractivity contribution in [3.8, 4) is 0 Å². The van der Waals surface area contributed by atoms with E-state index in [0.717, 1.165) is 11.1 Å². The van der Waals surface area contributed by atoms with Crippen LogP contribution in [0.5, 0.6) is 0 Å². The lowest BCUT2D eigenvalue weighted by molar-refractivity contribution is 0.102. The number of benzene rings is 2. The molecular weight excluding hydrogens is 362 g/mol. The molecule has 0 bridgehead atoms. The van der Waals surface area contributed by atoms with Gasteiger partial charge in [0.2, 0.25) is 0 Å². The third-order valence-electron chi connectivity index (χ3n) is 3.86. The zero-order valence-corrected chi connectivity index (χ0v) is 15.7. The van der Waals surface area contributed by atoms with Gasteiger partial charge in [-0.2, -0.15) is 0 Å². The van der Waals surface area contributed by atoms with E-state index in [9.17, 15) is 9.59 Å². The maximum absolute atomic E-state index is 12.5. The monoisotopic (exact) mass is 379 g/mol. The van der Waals surface area contributed by atoms with E-state index in [0.29, 0.717) is 22.0 Å². The summed E-state index contributed by atoms with van der Waals surface area (Å²) in [6, 6.07) is 14.2. The molecule has 0 aliphatic heterocycles. The predicted molar refractivity (Wildman–Crippen MR) is 108 cm³/mol. The molecule has 5 nitrogen and oxygen atoms in total. The Kier molecular flexibility index (Phi) is 5.52. The first-order valence-electron chi connectivity index (χ1n) is 8.33. The first-order chi connectivity index (χ1) is 12.9. The molecule has 2 N–H and O–H groups in total. The van der Waals surface area contributed by atoms with Gasteiger partial charge in [0.05, 0.1) is 21.8 Å². The van der Waals surface area contributed by atoms with Crippen LogP contribution in [-0.2, 0) is 0 Å². The van der Waals surface area contributed by atoms with Crippen LogP contribution < -0.4 is 10.6 Å². The van der Waals surface area contributed by atoms with E-state index in [1.807, 2.05) is 32.0 Å². The molecule has 0 spiro atoms. The molecule has 6 heteroatoms. The van der Waals surface area contributed by atoms with Gasteiger partial charge in [-0.1, -0.05) is 29.8 Å². The average molecular weight is 380 g/mol. The summed E-state index contributed by atoms with van der Waals surface area (Å²) in [6.45, 7) is 3.92. The number of aromatic nitrogens is 1. The number of nitrogens with one attached hydrogen (secondary N) is 2. The van der Waals surface area contributed by atoms with Crippen LogP contribution in [0.15, 0.2) is 60.9 Å². The lowest BCUT2D eigenvalue weighted by Gasteiger charge is -2.09. The van der Waals surface area contributed by atoms with Crippen molar-refractivity contribution in [3.05, 3.63) is 88.2 Å². The zero-order valence-electron chi connectivity index (χ0n) is 14.9. The minimum absolute atomic E-state index is 0.267. The van der Waals surface area contributed by atoms with E-state index in [4.69, 9.17) is 11.6 Å². The van der Waals surface area contributed by atoms with Crippen molar-refractivity contribution in [2.45, 2.75) is 13.8 Å². The fourth-order valence-corrected chi connectivity index (χ4v) is 2.88. The lowest BCUT2D eigenvalue weighted by Crippen LogP contribution is -2.16. The van der Waals surface area contributed by atoms with Crippen molar-refractivity contribution < 1.29 is 9.59 Å². The molecule has 0 aliphatic rings. The Morgan fingerprint density at radius 1 is 0.852 bits per heavy atom. The second kappa shape index (κ2) is 8.01. The van der Waals surface area contributed by atoms with Gasteiger partial charge in [-0.3, -0.25) is 14.6 Å². The predicted octanol–water partition coefficient (Wildman–Crippen LogP) is 4.86. The van der Waals surface area contributed by atoms with Crippen molar-refractivity contribution in [2.75, 3.05) is 10.6 Å². The highest BCUT2D eigenvalue weighted by atomic mass is 35.5. The van der Waals surface area contributed by atoms with Crippen LogP contribution in [-0.4, -0.2) is 16.8 Å². The van der Waals surface area contributed by atoms with Gasteiger partial charge in [0.1, 0.15) is 0 Å². The summed E-state index contributed by atoms with van der Waals surface area (Å²) in [5.74, 6) is -0.725. The van der Waals surface area contributed by atoms with Gasteiger partial charge in [0.15, 0.2) is 0 Å². The van der Waals surface area contributed by atoms with Crippen LogP contribution in [0.3, 0.4) is 0 Å². The topological polar surface area (TPSA) is 71.1 Å². The van der Waals surface area contributed by atoms with Crippen molar-refractivity contribution in [1.82, 2.24) is 4.98 Å². The highest BCUT2D eigenvalue weighted by molar-refractivity contribution is 6.33. The largest absolute Gasteiger partial charge is 0.322 e. The maximum Gasteiger partial charge on any atom is 0.257 e. The smallest absolute Gasteiger partial charge is 0.257 e. The Morgan fingerprint density at radius 3 is 2.07 bits per heavy atom. The van der Waals surface area contributed by atoms with Gasteiger partial charge in [0, 0.05) is 18.1 Å². The van der Waals surface area contributed by atoms with E-state index < -0.39 is 5.91 Å². The van der Waals surface area contributed by atoms with Gasteiger partial charge in [0.25, 0.3) is 11.8 Å². The molecule has 3 aromatic rings. The fraction of sp³-hybridized carbons (Fsp3) is 0.0952. The lowest BCUT2D eigenvalue weighted by atomic mass is 10.1. The number of para-hydroxylation sites is 1. The standard InChI is InChI=1S/C21H18ClN3O2/c1-13-7-14(2)9-17(8-13)24-20(26)15-10-16(12-23-11-15)21(27)25-19-6-4-3-5-18(19)22/h3-12H,1-2H3,(H,24,26)(H,25,27). The first kappa shape index (κ1) is 18.6. The van der Waals surface area contributed by atoms with Gasteiger partial charge < -0.3 is 10.6 Å². The van der Waals surface area contributed by atoms with Crippen LogP contribution in [0.4, 0.5) is 11.4 Å².